The van der Waals surface area contributed by atoms with Gasteiger partial charge in [-0.05, 0) is 139 Å². The maximum absolute atomic E-state index is 13.3. The van der Waals surface area contributed by atoms with E-state index in [4.69, 9.17) is 41.6 Å². The molecular formula is C60H101O21P3S4. The van der Waals surface area contributed by atoms with Crippen LogP contribution < -0.4 is 0 Å². The highest BCUT2D eigenvalue weighted by atomic mass is 32.2. The number of hydrogen-bond acceptors (Lipinski definition) is 22. The van der Waals surface area contributed by atoms with Crippen molar-refractivity contribution < 1.29 is 99.1 Å². The molecule has 1 aromatic carbocycles. The van der Waals surface area contributed by atoms with Crippen LogP contribution in [-0.2, 0) is 80.6 Å². The second kappa shape index (κ2) is 38.5. The number of rotatable bonds is 13. The minimum Gasteiger partial charge on any atom is -0.394 e. The number of hydrogen-bond donors (Lipinski definition) is 5. The van der Waals surface area contributed by atoms with Crippen LogP contribution in [0.1, 0.15) is 163 Å². The lowest BCUT2D eigenvalue weighted by Crippen LogP contribution is -2.36. The number of phosphoric acid groups is 3. The lowest BCUT2D eigenvalue weighted by atomic mass is 9.96. The van der Waals surface area contributed by atoms with Gasteiger partial charge in [0, 0.05) is 39.2 Å². The van der Waals surface area contributed by atoms with Crippen LogP contribution >= 0.6 is 70.5 Å². The zero-order chi connectivity index (χ0) is 64.0. The van der Waals surface area contributed by atoms with Crippen molar-refractivity contribution in [3.8, 4) is 0 Å². The summed E-state index contributed by atoms with van der Waals surface area (Å²) < 4.78 is 95.8. The van der Waals surface area contributed by atoms with Gasteiger partial charge in [0.15, 0.2) is 0 Å². The maximum atomic E-state index is 13.3. The molecule has 0 aromatic heterocycles. The number of carbonyl (C=O) groups excluding carboxylic acids is 3. The number of Topliss-reactive ketones (excluding diaryl/α,β-unsaturated/α-hetero) is 3. The summed E-state index contributed by atoms with van der Waals surface area (Å²) >= 11 is 6.36. The molecule has 4 bridgehead atoms. The van der Waals surface area contributed by atoms with E-state index in [0.717, 1.165) is 88.4 Å². The van der Waals surface area contributed by atoms with Crippen LogP contribution in [0, 0.1) is 11.8 Å². The molecule has 28 heteroatoms. The lowest BCUT2D eigenvalue weighted by molar-refractivity contribution is -0.120. The Kier molecular flexibility index (Phi) is 33.5. The number of aliphatic hydroxyl groups excluding tert-OH is 2. The highest BCUT2D eigenvalue weighted by molar-refractivity contribution is 8.00. The van der Waals surface area contributed by atoms with Crippen molar-refractivity contribution in [2.45, 2.75) is 258 Å². The van der Waals surface area contributed by atoms with Gasteiger partial charge < -0.3 is 48.6 Å². The molecule has 6 saturated heterocycles. The molecule has 88 heavy (non-hydrogen) atoms. The fraction of sp³-hybridized carbons (Fsp3) is 0.850. The average Bonchev–Trinajstić information content (AvgIpc) is 3.89. The van der Waals surface area contributed by atoms with Crippen LogP contribution in [0.2, 0.25) is 0 Å². The molecule has 0 aliphatic carbocycles. The van der Waals surface area contributed by atoms with Crippen molar-refractivity contribution in [1.82, 2.24) is 0 Å². The summed E-state index contributed by atoms with van der Waals surface area (Å²) in [6.07, 6.45) is 6.74. The van der Waals surface area contributed by atoms with E-state index in [1.54, 1.807) is 30.4 Å². The van der Waals surface area contributed by atoms with Crippen LogP contribution in [0.3, 0.4) is 0 Å². The zero-order valence-electron chi connectivity index (χ0n) is 52.4. The number of aliphatic hydroxyl groups is 2. The Labute approximate surface area is 539 Å². The highest BCUT2D eigenvalue weighted by Gasteiger charge is 2.52. The Morgan fingerprint density at radius 1 is 0.682 bits per heavy atom. The van der Waals surface area contributed by atoms with Crippen LogP contribution in [0.25, 0.3) is 0 Å². The van der Waals surface area contributed by atoms with Gasteiger partial charge >= 0.3 is 23.5 Å². The minimum absolute atomic E-state index is 0.0408. The van der Waals surface area contributed by atoms with Crippen molar-refractivity contribution in [3.05, 3.63) is 35.9 Å². The van der Waals surface area contributed by atoms with Crippen LogP contribution in [0.15, 0.2) is 30.3 Å². The molecule has 5 N–H and O–H groups in total. The maximum Gasteiger partial charge on any atom is 0.472 e. The normalized spacial score (nSPS) is 39.3. The molecular weight excluding hydrogens is 1280 g/mol. The first-order valence-electron chi connectivity index (χ1n) is 31.8. The Morgan fingerprint density at radius 2 is 1.24 bits per heavy atom. The second-order valence-electron chi connectivity index (χ2n) is 24.2. The predicted octanol–water partition coefficient (Wildman–Crippen LogP) is 11.3. The molecule has 21 nitrogen and oxygen atoms in total. The number of unbranched alkanes of at least 4 members (excludes halogenated alkanes) is 1. The van der Waals surface area contributed by atoms with Crippen molar-refractivity contribution in [3.63, 3.8) is 0 Å². The van der Waals surface area contributed by atoms with E-state index in [2.05, 4.69) is 11.4 Å². The predicted molar refractivity (Wildman–Crippen MR) is 345 cm³/mol. The number of benzene rings is 1. The fourth-order valence-corrected chi connectivity index (χ4v) is 21.0. The van der Waals surface area contributed by atoms with Gasteiger partial charge in [-0.3, -0.25) is 36.7 Å². The van der Waals surface area contributed by atoms with Crippen molar-refractivity contribution in [2.24, 2.45) is 11.8 Å². The van der Waals surface area contributed by atoms with Crippen LogP contribution in [0.5, 0.6) is 0 Å². The first-order chi connectivity index (χ1) is 41.9. The van der Waals surface area contributed by atoms with Gasteiger partial charge in [-0.2, -0.15) is 47.0 Å². The van der Waals surface area contributed by atoms with Gasteiger partial charge in [0.1, 0.15) is 54.0 Å². The third-order valence-electron chi connectivity index (χ3n) is 17.1. The van der Waals surface area contributed by atoms with Gasteiger partial charge in [-0.25, -0.2) is 13.7 Å². The van der Waals surface area contributed by atoms with E-state index in [-0.39, 0.29) is 64.3 Å². The standard InChI is InChI=1S/C33H53O8PS2.C27H48O13P2S2/c1-4-6-13-25-16-12-18-26(34)17-10-11-19-43-33-28(20-24-14-8-7-9-15-24)40-29(30(33)35)21-38-42(36,37)41-31-27(5-2)39-23(3)32(31)44-22-25;1-17(29)9-10-20-11-12-21(30)8-6-5-7-13-43-26-18(2)37-22(14-28)24(26)40-42(33,34)36-15-23-25(39-41(31,32)35-4)27(44-16-20)19(3)38-23/h7-9,14-15,23,25,27-33,35H,4-6,10-13,16-22H2,1-3H3,(H,36,37);18-20,22-28H,5-16H2,1-4H3,(H,31,32)(H,33,34)/t23-,25?,27+,28-,29+,30?,31?,32+,33+;18-,19-,20?,22+,23+,24?,25?,26+,27+/m00/s1. The van der Waals surface area contributed by atoms with Gasteiger partial charge in [0.25, 0.3) is 0 Å². The van der Waals surface area contributed by atoms with E-state index in [9.17, 15) is 53.0 Å². The topological polar surface area (TPSA) is 296 Å². The smallest absolute Gasteiger partial charge is 0.394 e. The molecule has 506 valence electrons. The molecule has 0 radical (unpaired) electrons. The summed E-state index contributed by atoms with van der Waals surface area (Å²) in [6.45, 7) is 10.1. The fourth-order valence-electron chi connectivity index (χ4n) is 12.2. The second-order valence-corrected chi connectivity index (χ2v) is 33.5. The van der Waals surface area contributed by atoms with Crippen molar-refractivity contribution >= 4 is 87.9 Å². The lowest BCUT2D eigenvalue weighted by Gasteiger charge is -2.27. The van der Waals surface area contributed by atoms with Crippen LogP contribution in [0.4, 0.5) is 0 Å². The molecule has 6 heterocycles. The van der Waals surface area contributed by atoms with E-state index < -0.39 is 90.8 Å². The number of ether oxygens (including phenoxy) is 4. The number of thioether (sulfide) groups is 4. The average molecular weight is 1380 g/mol. The Morgan fingerprint density at radius 3 is 1.88 bits per heavy atom. The summed E-state index contributed by atoms with van der Waals surface area (Å²) in [7, 11) is -12.7. The van der Waals surface area contributed by atoms with Gasteiger partial charge in [-0.15, -0.1) is 0 Å². The SMILES string of the molecule is CCCCC1CCCC(=O)CCCCS[C@H]2C(O)[C@@H](COP(=O)(O)OC3[C@@H](CC)O[C@@H](C)[C@H]3SC1)O[C@H]2Cc1ccccc1.COP(=O)(O)OC1[C@H]2COP(=O)(O)OC3[C@@H](CO)O[C@@H](C)[C@H]3SCCCCCC(=O)CCC(CCC(C)=O)CS[C@@H]1[C@H](C)O2. The third kappa shape index (κ3) is 25.0. The van der Waals surface area contributed by atoms with Crippen LogP contribution in [-0.4, -0.2) is 186 Å². The quantitative estimate of drug-likeness (QED) is 0.115. The molecule has 0 saturated carbocycles. The van der Waals surface area contributed by atoms with Crippen molar-refractivity contribution in [1.29, 1.82) is 0 Å². The Bertz CT molecular complexity index is 2410. The summed E-state index contributed by atoms with van der Waals surface area (Å²) in [5, 5.41) is 20.0. The number of phosphoric ester groups is 3. The zero-order valence-corrected chi connectivity index (χ0v) is 58.4. The van der Waals surface area contributed by atoms with E-state index in [0.29, 0.717) is 81.0 Å². The number of carbonyl (C=O) groups is 3. The van der Waals surface area contributed by atoms with E-state index in [1.807, 2.05) is 51.1 Å². The van der Waals surface area contributed by atoms with E-state index in [1.165, 1.54) is 30.4 Å². The molecule has 0 spiro atoms. The van der Waals surface area contributed by atoms with Gasteiger partial charge in [0.05, 0.1) is 77.4 Å². The summed E-state index contributed by atoms with van der Waals surface area (Å²) in [4.78, 5) is 68.9. The number of fused-ring (bicyclic) bond motifs is 6. The Hall–Kier alpha value is -0.280. The molecule has 6 aliphatic heterocycles. The summed E-state index contributed by atoms with van der Waals surface area (Å²) in [5.41, 5.74) is 1.10. The molecule has 7 rings (SSSR count). The molecule has 1 aromatic rings. The molecule has 6 fully saturated rings. The first kappa shape index (κ1) is 76.7. The van der Waals surface area contributed by atoms with E-state index >= 15 is 0 Å². The molecule has 9 unspecified atom stereocenters. The summed E-state index contributed by atoms with van der Waals surface area (Å²) in [6, 6.07) is 9.99. The largest absolute Gasteiger partial charge is 0.472 e. The molecule has 0 amide bonds. The third-order valence-corrected chi connectivity index (χ3v) is 26.5. The first-order valence-corrected chi connectivity index (χ1v) is 40.5. The highest BCUT2D eigenvalue weighted by Crippen LogP contribution is 2.54. The van der Waals surface area contributed by atoms with Gasteiger partial charge in [0.2, 0.25) is 0 Å². The monoisotopic (exact) mass is 1380 g/mol. The molecule has 21 atom stereocenters. The summed E-state index contributed by atoms with van der Waals surface area (Å²) in [5.74, 6) is 4.03. The minimum atomic E-state index is -4.71. The van der Waals surface area contributed by atoms with Gasteiger partial charge in [-0.1, -0.05) is 63.4 Å². The molecule has 6 aliphatic rings. The number of ketones is 3. The Balaban J connectivity index is 0.000000281. The van der Waals surface area contributed by atoms with Crippen molar-refractivity contribution in [2.75, 3.05) is 49.9 Å².